The molecule has 1 saturated carbocycles. The molecule has 0 radical (unpaired) electrons. The molecule has 0 amide bonds. The minimum atomic E-state index is -3.10. The normalized spacial score (nSPS) is 32.3. The van der Waals surface area contributed by atoms with E-state index in [1.54, 1.807) is 4.31 Å². The molecule has 0 bridgehead atoms. The van der Waals surface area contributed by atoms with Crippen molar-refractivity contribution in [1.29, 1.82) is 0 Å². The molecule has 0 aromatic carbocycles. The molecule has 1 aliphatic carbocycles. The van der Waals surface area contributed by atoms with E-state index in [2.05, 4.69) is 0 Å². The minimum Gasteiger partial charge on any atom is -0.392 e. The molecule has 16 heavy (non-hydrogen) atoms. The molecule has 2 fully saturated rings. The standard InChI is InChI=1S/C11H21NO3S/c1-11(2)8-12(7-6-10(11)13)16(14,15)9-4-3-5-9/h9-10,13H,3-8H2,1-2H3. The second kappa shape index (κ2) is 3.96. The van der Waals surface area contributed by atoms with E-state index in [0.29, 0.717) is 19.5 Å². The van der Waals surface area contributed by atoms with Crippen molar-refractivity contribution in [1.82, 2.24) is 4.31 Å². The SMILES string of the molecule is CC1(C)CN(S(=O)(=O)C2CCC2)CCC1O. The number of rotatable bonds is 2. The molecule has 1 aliphatic heterocycles. The van der Waals surface area contributed by atoms with Gasteiger partial charge in [0.1, 0.15) is 0 Å². The van der Waals surface area contributed by atoms with Crippen molar-refractivity contribution in [3.63, 3.8) is 0 Å². The highest BCUT2D eigenvalue weighted by atomic mass is 32.2. The zero-order valence-electron chi connectivity index (χ0n) is 10.0. The first kappa shape index (κ1) is 12.3. The largest absolute Gasteiger partial charge is 0.392 e. The summed E-state index contributed by atoms with van der Waals surface area (Å²) in [6.07, 6.45) is 2.81. The van der Waals surface area contributed by atoms with Crippen LogP contribution in [0.5, 0.6) is 0 Å². The summed E-state index contributed by atoms with van der Waals surface area (Å²) in [5, 5.41) is 9.65. The van der Waals surface area contributed by atoms with Crippen molar-refractivity contribution < 1.29 is 13.5 Å². The molecule has 1 saturated heterocycles. The number of aliphatic hydroxyl groups excluding tert-OH is 1. The highest BCUT2D eigenvalue weighted by Crippen LogP contribution is 2.35. The van der Waals surface area contributed by atoms with Crippen LogP contribution in [0.2, 0.25) is 0 Å². The third-order valence-electron chi connectivity index (χ3n) is 3.97. The van der Waals surface area contributed by atoms with Crippen molar-refractivity contribution >= 4 is 10.0 Å². The van der Waals surface area contributed by atoms with Gasteiger partial charge < -0.3 is 5.11 Å². The van der Waals surface area contributed by atoms with Gasteiger partial charge in [-0.05, 0) is 19.3 Å². The van der Waals surface area contributed by atoms with Crippen molar-refractivity contribution in [3.8, 4) is 0 Å². The second-order valence-corrected chi connectivity index (χ2v) is 7.94. The van der Waals surface area contributed by atoms with E-state index < -0.39 is 10.0 Å². The monoisotopic (exact) mass is 247 g/mol. The Bertz CT molecular complexity index is 359. The van der Waals surface area contributed by atoms with Crippen molar-refractivity contribution in [2.24, 2.45) is 5.41 Å². The highest BCUT2D eigenvalue weighted by molar-refractivity contribution is 7.89. The van der Waals surface area contributed by atoms with Gasteiger partial charge in [-0.1, -0.05) is 20.3 Å². The molecule has 0 aromatic heterocycles. The molecule has 4 nitrogen and oxygen atoms in total. The molecule has 1 unspecified atom stereocenters. The third-order valence-corrected chi connectivity index (χ3v) is 6.32. The van der Waals surface area contributed by atoms with Crippen LogP contribution in [-0.4, -0.2) is 42.3 Å². The van der Waals surface area contributed by atoms with E-state index in [9.17, 15) is 13.5 Å². The predicted octanol–water partition coefficient (Wildman–Crippen LogP) is 0.962. The summed E-state index contributed by atoms with van der Waals surface area (Å²) >= 11 is 0. The van der Waals surface area contributed by atoms with Crippen molar-refractivity contribution in [2.75, 3.05) is 13.1 Å². The first-order chi connectivity index (χ1) is 7.34. The van der Waals surface area contributed by atoms with Gasteiger partial charge >= 0.3 is 0 Å². The van der Waals surface area contributed by atoms with Crippen LogP contribution in [0.1, 0.15) is 39.5 Å². The van der Waals surface area contributed by atoms with Gasteiger partial charge in [-0.3, -0.25) is 0 Å². The molecule has 1 heterocycles. The molecular formula is C11H21NO3S. The van der Waals surface area contributed by atoms with Crippen LogP contribution in [0.25, 0.3) is 0 Å². The lowest BCUT2D eigenvalue weighted by Crippen LogP contribution is -2.53. The van der Waals surface area contributed by atoms with E-state index in [-0.39, 0.29) is 16.8 Å². The maximum Gasteiger partial charge on any atom is 0.217 e. The smallest absolute Gasteiger partial charge is 0.217 e. The summed E-state index contributed by atoms with van der Waals surface area (Å²) in [5.41, 5.74) is -0.324. The van der Waals surface area contributed by atoms with Crippen LogP contribution in [0.4, 0.5) is 0 Å². The fourth-order valence-electron chi connectivity index (χ4n) is 2.39. The fraction of sp³-hybridized carbons (Fsp3) is 1.00. The average Bonchev–Trinajstić information content (AvgIpc) is 2.05. The highest BCUT2D eigenvalue weighted by Gasteiger charge is 2.43. The van der Waals surface area contributed by atoms with E-state index in [1.165, 1.54) is 0 Å². The Morgan fingerprint density at radius 1 is 1.25 bits per heavy atom. The quantitative estimate of drug-likeness (QED) is 0.791. The summed E-state index contributed by atoms with van der Waals surface area (Å²) in [5.74, 6) is 0. The van der Waals surface area contributed by atoms with Gasteiger partial charge in [0.05, 0.1) is 11.4 Å². The number of aliphatic hydroxyl groups is 1. The van der Waals surface area contributed by atoms with E-state index >= 15 is 0 Å². The van der Waals surface area contributed by atoms with Crippen LogP contribution < -0.4 is 0 Å². The lowest BCUT2D eigenvalue weighted by molar-refractivity contribution is -0.000769. The summed E-state index contributed by atoms with van der Waals surface area (Å²) in [6, 6.07) is 0. The molecule has 0 spiro atoms. The molecule has 1 atom stereocenters. The Morgan fingerprint density at radius 3 is 2.31 bits per heavy atom. The first-order valence-corrected chi connectivity index (χ1v) is 7.51. The summed E-state index contributed by atoms with van der Waals surface area (Å²) in [4.78, 5) is 0. The van der Waals surface area contributed by atoms with Gasteiger partial charge in [0.15, 0.2) is 0 Å². The van der Waals surface area contributed by atoms with Crippen molar-refractivity contribution in [2.45, 2.75) is 50.9 Å². The van der Waals surface area contributed by atoms with Crippen LogP contribution in [0.3, 0.4) is 0 Å². The number of nitrogens with zero attached hydrogens (tertiary/aromatic N) is 1. The molecular weight excluding hydrogens is 226 g/mol. The Hall–Kier alpha value is -0.130. The maximum absolute atomic E-state index is 12.2. The lowest BCUT2D eigenvalue weighted by Gasteiger charge is -2.43. The van der Waals surface area contributed by atoms with Crippen LogP contribution in [0, 0.1) is 5.41 Å². The average molecular weight is 247 g/mol. The molecule has 1 N–H and O–H groups in total. The number of hydrogen-bond acceptors (Lipinski definition) is 3. The molecule has 2 aliphatic rings. The van der Waals surface area contributed by atoms with Gasteiger partial charge in [-0.15, -0.1) is 0 Å². The molecule has 0 aromatic rings. The third kappa shape index (κ3) is 2.00. The Kier molecular flexibility index (Phi) is 3.05. The second-order valence-electron chi connectivity index (χ2n) is 5.72. The van der Waals surface area contributed by atoms with E-state index in [0.717, 1.165) is 19.3 Å². The maximum atomic E-state index is 12.2. The number of sulfonamides is 1. The molecule has 94 valence electrons. The van der Waals surface area contributed by atoms with Gasteiger partial charge in [0, 0.05) is 18.5 Å². The topological polar surface area (TPSA) is 57.6 Å². The molecule has 5 heteroatoms. The zero-order chi connectivity index (χ0) is 12.0. The van der Waals surface area contributed by atoms with E-state index in [4.69, 9.17) is 0 Å². The minimum absolute atomic E-state index is 0.154. The predicted molar refractivity (Wildman–Crippen MR) is 62.5 cm³/mol. The van der Waals surface area contributed by atoms with Crippen LogP contribution >= 0.6 is 0 Å². The summed E-state index contributed by atoms with van der Waals surface area (Å²) < 4.78 is 26.0. The summed E-state index contributed by atoms with van der Waals surface area (Å²) in [7, 11) is -3.10. The van der Waals surface area contributed by atoms with Crippen molar-refractivity contribution in [3.05, 3.63) is 0 Å². The molecule has 2 rings (SSSR count). The van der Waals surface area contributed by atoms with Gasteiger partial charge in [-0.25, -0.2) is 12.7 Å². The Labute approximate surface area is 97.7 Å². The van der Waals surface area contributed by atoms with Gasteiger partial charge in [-0.2, -0.15) is 0 Å². The fourth-order valence-corrected chi connectivity index (χ4v) is 4.62. The summed E-state index contributed by atoms with van der Waals surface area (Å²) in [6.45, 7) is 4.79. The first-order valence-electron chi connectivity index (χ1n) is 6.01. The van der Waals surface area contributed by atoms with Crippen LogP contribution in [0.15, 0.2) is 0 Å². The van der Waals surface area contributed by atoms with Crippen LogP contribution in [-0.2, 0) is 10.0 Å². The Balaban J connectivity index is 2.11. The van der Waals surface area contributed by atoms with Gasteiger partial charge in [0.25, 0.3) is 0 Å². The number of piperidine rings is 1. The number of hydrogen-bond donors (Lipinski definition) is 1. The van der Waals surface area contributed by atoms with Gasteiger partial charge in [0.2, 0.25) is 10.0 Å². The Morgan fingerprint density at radius 2 is 1.88 bits per heavy atom. The zero-order valence-corrected chi connectivity index (χ0v) is 10.8. The van der Waals surface area contributed by atoms with E-state index in [1.807, 2.05) is 13.8 Å². The lowest BCUT2D eigenvalue weighted by atomic mass is 9.82.